The molecular weight excluding hydrogens is 192 g/mol. The van der Waals surface area contributed by atoms with E-state index in [2.05, 4.69) is 6.58 Å². The molecule has 3 heteroatoms. The zero-order chi connectivity index (χ0) is 11.3. The number of hydrogen-bond acceptors (Lipinski definition) is 3. The zero-order valence-corrected chi connectivity index (χ0v) is 9.16. The molecule has 3 nitrogen and oxygen atoms in total. The Hall–Kier alpha value is -1.35. The lowest BCUT2D eigenvalue weighted by atomic mass is 10.2. The van der Waals surface area contributed by atoms with Crippen molar-refractivity contribution in [1.82, 2.24) is 0 Å². The molecular formula is C12H16O3. The molecule has 0 N–H and O–H groups in total. The van der Waals surface area contributed by atoms with Crippen molar-refractivity contribution < 1.29 is 14.3 Å². The third-order valence-corrected chi connectivity index (χ3v) is 2.07. The normalized spacial score (nSPS) is 20.4. The maximum Gasteiger partial charge on any atom is 0.337 e. The monoisotopic (exact) mass is 208 g/mol. The van der Waals surface area contributed by atoms with Gasteiger partial charge in [-0.15, -0.1) is 0 Å². The summed E-state index contributed by atoms with van der Waals surface area (Å²) in [5, 5.41) is 0. The molecule has 0 saturated carbocycles. The summed E-state index contributed by atoms with van der Waals surface area (Å²) >= 11 is 0. The molecule has 0 aromatic carbocycles. The van der Waals surface area contributed by atoms with Crippen LogP contribution in [0.3, 0.4) is 0 Å². The van der Waals surface area contributed by atoms with Crippen LogP contribution in [-0.2, 0) is 14.3 Å². The minimum Gasteiger partial charge on any atom is -0.459 e. The number of ether oxygens (including phenoxy) is 2. The van der Waals surface area contributed by atoms with Crippen LogP contribution in [0.2, 0.25) is 0 Å². The summed E-state index contributed by atoms with van der Waals surface area (Å²) in [5.41, 5.74) is 1.44. The van der Waals surface area contributed by atoms with E-state index in [1.807, 2.05) is 26.0 Å². The summed E-state index contributed by atoms with van der Waals surface area (Å²) in [6.45, 7) is 8.53. The summed E-state index contributed by atoms with van der Waals surface area (Å²) in [4.78, 5) is 11.3. The minimum atomic E-state index is -0.384. The Morgan fingerprint density at radius 2 is 2.27 bits per heavy atom. The Morgan fingerprint density at radius 3 is 2.80 bits per heavy atom. The first-order valence-electron chi connectivity index (χ1n) is 4.92. The van der Waals surface area contributed by atoms with E-state index in [0.717, 1.165) is 5.57 Å². The molecule has 0 spiro atoms. The molecule has 0 aromatic rings. The highest BCUT2D eigenvalue weighted by atomic mass is 16.6. The van der Waals surface area contributed by atoms with Crippen LogP contribution in [0, 0.1) is 0 Å². The van der Waals surface area contributed by atoms with Gasteiger partial charge in [0, 0.05) is 0 Å². The van der Waals surface area contributed by atoms with Crippen molar-refractivity contribution >= 4 is 5.97 Å². The number of allylic oxidation sites excluding steroid dienone is 3. The molecule has 0 aliphatic carbocycles. The Balaban J connectivity index is 2.31. The second-order valence-corrected chi connectivity index (χ2v) is 3.45. The van der Waals surface area contributed by atoms with Crippen molar-refractivity contribution in [1.29, 1.82) is 0 Å². The highest BCUT2D eigenvalue weighted by Gasteiger charge is 2.24. The summed E-state index contributed by atoms with van der Waals surface area (Å²) in [6, 6.07) is 0. The van der Waals surface area contributed by atoms with E-state index in [9.17, 15) is 4.79 Å². The first-order chi connectivity index (χ1) is 7.13. The Morgan fingerprint density at radius 1 is 1.60 bits per heavy atom. The Labute approximate surface area is 90.1 Å². The molecule has 1 saturated heterocycles. The summed E-state index contributed by atoms with van der Waals surface area (Å²) < 4.78 is 9.88. The number of epoxide rings is 1. The standard InChI is InChI=1S/C12H16O3/c1-4-9(2)5-6-10(3)12(13)15-8-11-7-14-11/h4-6,11H,3,7-8H2,1-2H3. The number of rotatable bonds is 5. The van der Waals surface area contributed by atoms with E-state index in [1.54, 1.807) is 6.08 Å². The van der Waals surface area contributed by atoms with Crippen LogP contribution >= 0.6 is 0 Å². The zero-order valence-electron chi connectivity index (χ0n) is 9.16. The largest absolute Gasteiger partial charge is 0.459 e. The number of hydrogen-bond donors (Lipinski definition) is 0. The third-order valence-electron chi connectivity index (χ3n) is 2.07. The van der Waals surface area contributed by atoms with E-state index in [-0.39, 0.29) is 12.1 Å². The van der Waals surface area contributed by atoms with Crippen molar-refractivity contribution in [3.8, 4) is 0 Å². The molecule has 1 aliphatic rings. The minimum absolute atomic E-state index is 0.100. The highest BCUT2D eigenvalue weighted by Crippen LogP contribution is 2.10. The molecule has 0 bridgehead atoms. The van der Waals surface area contributed by atoms with Crippen LogP contribution in [0.4, 0.5) is 0 Å². The van der Waals surface area contributed by atoms with Crippen molar-refractivity contribution in [2.24, 2.45) is 0 Å². The smallest absolute Gasteiger partial charge is 0.337 e. The fraction of sp³-hybridized carbons (Fsp3) is 0.417. The van der Waals surface area contributed by atoms with Crippen molar-refractivity contribution in [2.45, 2.75) is 20.0 Å². The SMILES string of the molecule is C=C(C=CC(C)=CC)C(=O)OCC1CO1. The Kier molecular flexibility index (Phi) is 4.31. The van der Waals surface area contributed by atoms with Gasteiger partial charge < -0.3 is 9.47 Å². The van der Waals surface area contributed by atoms with Gasteiger partial charge >= 0.3 is 5.97 Å². The fourth-order valence-corrected chi connectivity index (χ4v) is 0.822. The molecule has 1 aliphatic heterocycles. The number of carbonyl (C=O) groups is 1. The first-order valence-corrected chi connectivity index (χ1v) is 4.92. The third kappa shape index (κ3) is 4.61. The van der Waals surface area contributed by atoms with Gasteiger partial charge in [0.1, 0.15) is 12.7 Å². The van der Waals surface area contributed by atoms with Crippen LogP contribution in [-0.4, -0.2) is 25.3 Å². The van der Waals surface area contributed by atoms with E-state index >= 15 is 0 Å². The van der Waals surface area contributed by atoms with Crippen LogP contribution < -0.4 is 0 Å². The van der Waals surface area contributed by atoms with Gasteiger partial charge in [-0.25, -0.2) is 4.79 Å². The number of carbonyl (C=O) groups excluding carboxylic acids is 1. The maximum atomic E-state index is 11.3. The lowest BCUT2D eigenvalue weighted by Crippen LogP contribution is -2.10. The summed E-state index contributed by atoms with van der Waals surface area (Å²) in [7, 11) is 0. The second-order valence-electron chi connectivity index (χ2n) is 3.45. The highest BCUT2D eigenvalue weighted by molar-refractivity contribution is 5.90. The quantitative estimate of drug-likeness (QED) is 0.300. The molecule has 1 heterocycles. The predicted molar refractivity (Wildman–Crippen MR) is 58.4 cm³/mol. The van der Waals surface area contributed by atoms with Gasteiger partial charge in [-0.1, -0.05) is 24.3 Å². The molecule has 1 fully saturated rings. The number of esters is 1. The van der Waals surface area contributed by atoms with Crippen molar-refractivity contribution in [3.63, 3.8) is 0 Å². The average molecular weight is 208 g/mol. The van der Waals surface area contributed by atoms with Gasteiger partial charge in [0.05, 0.1) is 12.2 Å². The van der Waals surface area contributed by atoms with Gasteiger partial charge in [-0.05, 0) is 19.9 Å². The molecule has 1 atom stereocenters. The Bertz CT molecular complexity index is 309. The topological polar surface area (TPSA) is 38.8 Å². The van der Waals surface area contributed by atoms with Gasteiger partial charge in [-0.2, -0.15) is 0 Å². The van der Waals surface area contributed by atoms with E-state index < -0.39 is 0 Å². The summed E-state index contributed by atoms with van der Waals surface area (Å²) in [5.74, 6) is -0.384. The second kappa shape index (κ2) is 5.51. The van der Waals surface area contributed by atoms with Gasteiger partial charge in [0.2, 0.25) is 0 Å². The lowest BCUT2D eigenvalue weighted by molar-refractivity contribution is -0.139. The molecule has 15 heavy (non-hydrogen) atoms. The molecule has 1 rings (SSSR count). The van der Waals surface area contributed by atoms with E-state index in [4.69, 9.17) is 9.47 Å². The van der Waals surface area contributed by atoms with Gasteiger partial charge in [0.15, 0.2) is 0 Å². The van der Waals surface area contributed by atoms with Gasteiger partial charge in [-0.3, -0.25) is 0 Å². The molecule has 0 amide bonds. The maximum absolute atomic E-state index is 11.3. The molecule has 1 unspecified atom stereocenters. The average Bonchev–Trinajstić information content (AvgIpc) is 3.05. The van der Waals surface area contributed by atoms with Crippen LogP contribution in [0.1, 0.15) is 13.8 Å². The molecule has 82 valence electrons. The molecule has 0 radical (unpaired) electrons. The van der Waals surface area contributed by atoms with Crippen LogP contribution in [0.15, 0.2) is 36.0 Å². The van der Waals surface area contributed by atoms with Crippen molar-refractivity contribution in [2.75, 3.05) is 13.2 Å². The lowest BCUT2D eigenvalue weighted by Gasteiger charge is -2.01. The van der Waals surface area contributed by atoms with E-state index in [1.165, 1.54) is 0 Å². The van der Waals surface area contributed by atoms with Gasteiger partial charge in [0.25, 0.3) is 0 Å². The van der Waals surface area contributed by atoms with Crippen molar-refractivity contribution in [3.05, 3.63) is 36.0 Å². The summed E-state index contributed by atoms with van der Waals surface area (Å²) in [6.07, 6.45) is 5.54. The first kappa shape index (κ1) is 11.7. The fourth-order valence-electron chi connectivity index (χ4n) is 0.822. The van der Waals surface area contributed by atoms with E-state index in [0.29, 0.717) is 18.8 Å². The predicted octanol–water partition coefficient (Wildman–Crippen LogP) is 2.01. The van der Waals surface area contributed by atoms with Crippen LogP contribution in [0.5, 0.6) is 0 Å². The van der Waals surface area contributed by atoms with Crippen LogP contribution in [0.25, 0.3) is 0 Å². The molecule has 0 aromatic heterocycles.